The molecular formula is C21H31N5O2S. The molecule has 7 nitrogen and oxygen atoms in total. The molecule has 0 amide bonds. The fourth-order valence-corrected chi connectivity index (χ4v) is 3.52. The molecular weight excluding hydrogens is 386 g/mol. The molecule has 0 aliphatic rings. The molecule has 0 atom stereocenters. The number of likely N-dealkylation sites (N-methyl/N-ethyl adjacent to an activating group) is 1. The number of nitrogens with zero attached hydrogens (tertiary/aromatic N) is 2. The molecule has 0 aliphatic heterocycles. The first-order chi connectivity index (χ1) is 13.8. The largest absolute Gasteiger partial charge is 0.370 e. The third-order valence-electron chi connectivity index (χ3n) is 4.41. The lowest BCUT2D eigenvalue weighted by Gasteiger charge is -2.24. The molecule has 0 radical (unpaired) electrons. The van der Waals surface area contributed by atoms with Crippen LogP contribution >= 0.6 is 0 Å². The van der Waals surface area contributed by atoms with Crippen molar-refractivity contribution in [2.45, 2.75) is 32.2 Å². The number of rotatable bonds is 9. The van der Waals surface area contributed by atoms with Gasteiger partial charge in [-0.05, 0) is 56.2 Å². The minimum absolute atomic E-state index is 0.0971. The van der Waals surface area contributed by atoms with Crippen LogP contribution in [0.3, 0.4) is 0 Å². The second-order valence-corrected chi connectivity index (χ2v) is 8.29. The number of benzene rings is 2. The van der Waals surface area contributed by atoms with E-state index in [1.807, 2.05) is 13.0 Å². The summed E-state index contributed by atoms with van der Waals surface area (Å²) in [6, 6.07) is 15.0. The zero-order valence-electron chi connectivity index (χ0n) is 17.4. The topological polar surface area (TPSA) is 99.8 Å². The van der Waals surface area contributed by atoms with Crippen LogP contribution in [0.2, 0.25) is 0 Å². The summed E-state index contributed by atoms with van der Waals surface area (Å²) in [5, 5.41) is 11.8. The van der Waals surface area contributed by atoms with E-state index in [1.54, 1.807) is 12.1 Å². The Balaban J connectivity index is 1.99. The fraction of sp³-hybridized carbons (Fsp3) is 0.381. The molecule has 0 spiro atoms. The monoisotopic (exact) mass is 417 g/mol. The van der Waals surface area contributed by atoms with Gasteiger partial charge in [0.1, 0.15) is 0 Å². The Morgan fingerprint density at radius 3 is 2.52 bits per heavy atom. The smallest absolute Gasteiger partial charge is 0.238 e. The summed E-state index contributed by atoms with van der Waals surface area (Å²) >= 11 is 0. The maximum Gasteiger partial charge on any atom is 0.238 e. The lowest BCUT2D eigenvalue weighted by atomic mass is 10.2. The summed E-state index contributed by atoms with van der Waals surface area (Å²) in [5.74, 6) is 0.689. The van der Waals surface area contributed by atoms with E-state index in [0.717, 1.165) is 31.7 Å². The Bertz CT molecular complexity index is 928. The quantitative estimate of drug-likeness (QED) is 0.429. The first kappa shape index (κ1) is 22.7. The lowest BCUT2D eigenvalue weighted by Crippen LogP contribution is -2.41. The van der Waals surface area contributed by atoms with Crippen LogP contribution in [0.15, 0.2) is 58.4 Å². The van der Waals surface area contributed by atoms with E-state index in [1.165, 1.54) is 17.3 Å². The molecule has 0 unspecified atom stereocenters. The van der Waals surface area contributed by atoms with Crippen molar-refractivity contribution < 1.29 is 8.42 Å². The molecule has 0 heterocycles. The van der Waals surface area contributed by atoms with Crippen LogP contribution in [0, 0.1) is 6.92 Å². The normalized spacial score (nSPS) is 11.9. The average Bonchev–Trinajstić information content (AvgIpc) is 2.69. The molecule has 4 N–H and O–H groups in total. The highest BCUT2D eigenvalue weighted by Crippen LogP contribution is 2.15. The van der Waals surface area contributed by atoms with Crippen molar-refractivity contribution in [1.29, 1.82) is 0 Å². The number of nitrogens with one attached hydrogen (secondary N) is 2. The van der Waals surface area contributed by atoms with E-state index in [2.05, 4.69) is 58.6 Å². The Hall–Kier alpha value is -2.58. The molecule has 8 heteroatoms. The predicted octanol–water partition coefficient (Wildman–Crippen LogP) is 2.22. The number of aliphatic imine (C=N–C) groups is 1. The van der Waals surface area contributed by atoms with Crippen molar-refractivity contribution in [3.63, 3.8) is 0 Å². The van der Waals surface area contributed by atoms with Crippen molar-refractivity contribution in [1.82, 2.24) is 10.6 Å². The van der Waals surface area contributed by atoms with Gasteiger partial charge in [0.2, 0.25) is 10.0 Å². The summed E-state index contributed by atoms with van der Waals surface area (Å²) in [4.78, 5) is 6.96. The van der Waals surface area contributed by atoms with Crippen molar-refractivity contribution in [3.8, 4) is 0 Å². The molecule has 0 saturated heterocycles. The van der Waals surface area contributed by atoms with Gasteiger partial charge in [-0.3, -0.25) is 0 Å². The third-order valence-corrected chi connectivity index (χ3v) is 5.32. The number of aryl methyl sites for hydroxylation is 1. The summed E-state index contributed by atoms with van der Waals surface area (Å²) in [7, 11) is -3.72. The van der Waals surface area contributed by atoms with Gasteiger partial charge < -0.3 is 15.5 Å². The molecule has 0 fully saturated rings. The first-order valence-corrected chi connectivity index (χ1v) is 11.3. The Labute approximate surface area is 174 Å². The van der Waals surface area contributed by atoms with Crippen molar-refractivity contribution >= 4 is 21.7 Å². The van der Waals surface area contributed by atoms with Gasteiger partial charge in [-0.25, -0.2) is 18.5 Å². The zero-order chi connectivity index (χ0) is 21.3. The van der Waals surface area contributed by atoms with Crippen LogP contribution in [-0.2, 0) is 16.6 Å². The number of primary sulfonamides is 1. The number of nitrogens with two attached hydrogens (primary N) is 1. The third kappa shape index (κ3) is 7.40. The van der Waals surface area contributed by atoms with Gasteiger partial charge in [-0.1, -0.05) is 24.3 Å². The van der Waals surface area contributed by atoms with E-state index in [4.69, 9.17) is 5.14 Å². The van der Waals surface area contributed by atoms with Crippen LogP contribution in [0.5, 0.6) is 0 Å². The van der Waals surface area contributed by atoms with E-state index >= 15 is 0 Å². The summed E-state index contributed by atoms with van der Waals surface area (Å²) in [6.45, 7) is 9.81. The number of hydrogen-bond donors (Lipinski definition) is 3. The van der Waals surface area contributed by atoms with Gasteiger partial charge in [0.25, 0.3) is 0 Å². The molecule has 0 aromatic heterocycles. The first-order valence-electron chi connectivity index (χ1n) is 9.79. The molecule has 2 aromatic carbocycles. The fourth-order valence-electron chi connectivity index (χ4n) is 2.94. The Morgan fingerprint density at radius 2 is 1.86 bits per heavy atom. The van der Waals surface area contributed by atoms with E-state index in [-0.39, 0.29) is 4.90 Å². The molecule has 0 bridgehead atoms. The Morgan fingerprint density at radius 1 is 1.10 bits per heavy atom. The van der Waals surface area contributed by atoms with E-state index in [0.29, 0.717) is 12.5 Å². The van der Waals surface area contributed by atoms with Gasteiger partial charge in [0.05, 0.1) is 11.4 Å². The molecule has 0 aliphatic carbocycles. The van der Waals surface area contributed by atoms with Crippen molar-refractivity contribution in [2.24, 2.45) is 10.1 Å². The number of sulfonamides is 1. The second-order valence-electron chi connectivity index (χ2n) is 6.73. The Kier molecular flexibility index (Phi) is 8.48. The standard InChI is InChI=1S/C21H31N5O2S/c1-4-23-21(25-16-18-9-7-11-20(15-18)29(22,27)28)24-12-13-26(5-2)19-10-6-8-17(3)14-19/h6-11,14-15H,4-5,12-13,16H2,1-3H3,(H2,22,27,28)(H2,23,24,25). The number of anilines is 1. The van der Waals surface area contributed by atoms with Gasteiger partial charge >= 0.3 is 0 Å². The van der Waals surface area contributed by atoms with Crippen molar-refractivity contribution in [2.75, 3.05) is 31.1 Å². The second kappa shape index (κ2) is 10.8. The van der Waals surface area contributed by atoms with Gasteiger partial charge in [0, 0.05) is 31.9 Å². The average molecular weight is 418 g/mol. The van der Waals surface area contributed by atoms with Gasteiger partial charge in [0.15, 0.2) is 5.96 Å². The highest BCUT2D eigenvalue weighted by molar-refractivity contribution is 7.89. The summed E-state index contributed by atoms with van der Waals surface area (Å²) < 4.78 is 23.0. The maximum atomic E-state index is 11.5. The minimum atomic E-state index is -3.72. The molecule has 29 heavy (non-hydrogen) atoms. The molecule has 158 valence electrons. The SMILES string of the molecule is CCNC(=NCc1cccc(S(N)(=O)=O)c1)NCCN(CC)c1cccc(C)c1. The van der Waals surface area contributed by atoms with Crippen LogP contribution < -0.4 is 20.7 Å². The van der Waals surface area contributed by atoms with Crippen LogP contribution in [0.25, 0.3) is 0 Å². The predicted molar refractivity (Wildman–Crippen MR) is 120 cm³/mol. The minimum Gasteiger partial charge on any atom is -0.370 e. The van der Waals surface area contributed by atoms with Gasteiger partial charge in [-0.15, -0.1) is 0 Å². The highest BCUT2D eigenvalue weighted by atomic mass is 32.2. The van der Waals surface area contributed by atoms with Crippen LogP contribution in [-0.4, -0.2) is 40.6 Å². The van der Waals surface area contributed by atoms with Crippen LogP contribution in [0.1, 0.15) is 25.0 Å². The number of hydrogen-bond acceptors (Lipinski definition) is 4. The summed E-state index contributed by atoms with van der Waals surface area (Å²) in [5.41, 5.74) is 3.23. The lowest BCUT2D eigenvalue weighted by molar-refractivity contribution is 0.597. The maximum absolute atomic E-state index is 11.5. The van der Waals surface area contributed by atoms with Crippen molar-refractivity contribution in [3.05, 3.63) is 59.7 Å². The number of guanidine groups is 1. The van der Waals surface area contributed by atoms with Crippen LogP contribution in [0.4, 0.5) is 5.69 Å². The molecule has 2 aromatic rings. The van der Waals surface area contributed by atoms with E-state index in [9.17, 15) is 8.42 Å². The van der Waals surface area contributed by atoms with Gasteiger partial charge in [-0.2, -0.15) is 0 Å². The zero-order valence-corrected chi connectivity index (χ0v) is 18.2. The van der Waals surface area contributed by atoms with E-state index < -0.39 is 10.0 Å². The summed E-state index contributed by atoms with van der Waals surface area (Å²) in [6.07, 6.45) is 0. The molecule has 2 rings (SSSR count). The molecule has 0 saturated carbocycles. The highest BCUT2D eigenvalue weighted by Gasteiger charge is 2.08.